The van der Waals surface area contributed by atoms with Gasteiger partial charge in [-0.15, -0.1) is 0 Å². The molecule has 1 fully saturated rings. The third-order valence-electron chi connectivity index (χ3n) is 4.20. The van der Waals surface area contributed by atoms with Gasteiger partial charge >= 0.3 is 0 Å². The summed E-state index contributed by atoms with van der Waals surface area (Å²) in [5.74, 6) is -0.0527. The fourth-order valence-corrected chi connectivity index (χ4v) is 2.75. The summed E-state index contributed by atoms with van der Waals surface area (Å²) in [7, 11) is 0. The van der Waals surface area contributed by atoms with Crippen LogP contribution in [0.4, 0.5) is 0 Å². The van der Waals surface area contributed by atoms with Gasteiger partial charge in [-0.25, -0.2) is 4.98 Å². The number of furan rings is 1. The van der Waals surface area contributed by atoms with E-state index in [9.17, 15) is 9.59 Å². The van der Waals surface area contributed by atoms with Gasteiger partial charge in [0.2, 0.25) is 0 Å². The van der Waals surface area contributed by atoms with Crippen molar-refractivity contribution in [3.8, 4) is 0 Å². The summed E-state index contributed by atoms with van der Waals surface area (Å²) in [6, 6.07) is 4.88. The highest BCUT2D eigenvalue weighted by Gasteiger charge is 2.28. The second-order valence-electron chi connectivity index (χ2n) is 6.13. The van der Waals surface area contributed by atoms with Gasteiger partial charge in [0.05, 0.1) is 23.2 Å². The van der Waals surface area contributed by atoms with Crippen molar-refractivity contribution in [1.29, 1.82) is 0 Å². The molecule has 0 unspecified atom stereocenters. The maximum atomic E-state index is 12.7. The predicted molar refractivity (Wildman–Crippen MR) is 86.9 cm³/mol. The number of amides is 2. The standard InChI is InChI=1S/C17H16N4O4/c1-8-14-11(6-12(9-2-3-9)20-17(14)25-21-8)16(23)19-7-10-4-5-13(24-10)15(18)22/h4-6,9H,2-3,7H2,1H3,(H2,18,22)(H,19,23). The average molecular weight is 340 g/mol. The van der Waals surface area contributed by atoms with E-state index >= 15 is 0 Å². The van der Waals surface area contributed by atoms with E-state index < -0.39 is 5.91 Å². The first kappa shape index (κ1) is 15.4. The van der Waals surface area contributed by atoms with Crippen molar-refractivity contribution in [2.45, 2.75) is 32.2 Å². The third-order valence-corrected chi connectivity index (χ3v) is 4.20. The average Bonchev–Trinajstić information content (AvgIpc) is 3.22. The van der Waals surface area contributed by atoms with Crippen LogP contribution in [0.2, 0.25) is 0 Å². The van der Waals surface area contributed by atoms with Gasteiger partial charge in [-0.3, -0.25) is 9.59 Å². The van der Waals surface area contributed by atoms with Crippen molar-refractivity contribution in [3.05, 3.63) is 46.7 Å². The lowest BCUT2D eigenvalue weighted by atomic mass is 10.1. The zero-order valence-corrected chi connectivity index (χ0v) is 13.5. The van der Waals surface area contributed by atoms with Crippen molar-refractivity contribution in [2.75, 3.05) is 0 Å². The Balaban J connectivity index is 1.60. The number of carbonyl (C=O) groups excluding carboxylic acids is 2. The van der Waals surface area contributed by atoms with Crippen molar-refractivity contribution >= 4 is 22.9 Å². The SMILES string of the molecule is Cc1noc2nc(C3CC3)cc(C(=O)NCc3ccc(C(N)=O)o3)c12. The number of nitrogens with one attached hydrogen (secondary N) is 1. The Hall–Kier alpha value is -3.16. The summed E-state index contributed by atoms with van der Waals surface area (Å²) in [4.78, 5) is 28.2. The minimum Gasteiger partial charge on any atom is -0.454 e. The van der Waals surface area contributed by atoms with Crippen LogP contribution >= 0.6 is 0 Å². The second kappa shape index (κ2) is 5.73. The molecule has 0 atom stereocenters. The van der Waals surface area contributed by atoms with Gasteiger partial charge in [-0.2, -0.15) is 0 Å². The first-order valence-electron chi connectivity index (χ1n) is 7.96. The number of aryl methyl sites for hydroxylation is 1. The molecule has 3 aromatic rings. The highest BCUT2D eigenvalue weighted by molar-refractivity contribution is 6.06. The van der Waals surface area contributed by atoms with E-state index in [4.69, 9.17) is 14.7 Å². The molecule has 8 heteroatoms. The summed E-state index contributed by atoms with van der Waals surface area (Å²) < 4.78 is 10.5. The number of rotatable bonds is 5. The van der Waals surface area contributed by atoms with Crippen LogP contribution in [0.3, 0.4) is 0 Å². The normalized spacial score (nSPS) is 14.0. The number of nitrogens with two attached hydrogens (primary N) is 1. The molecular formula is C17H16N4O4. The third kappa shape index (κ3) is 2.86. The van der Waals surface area contributed by atoms with Gasteiger partial charge in [0.15, 0.2) is 5.76 Å². The van der Waals surface area contributed by atoms with E-state index in [1.807, 2.05) is 0 Å². The summed E-state index contributed by atoms with van der Waals surface area (Å²) in [5, 5.41) is 7.30. The number of carbonyl (C=O) groups is 2. The molecule has 0 saturated heterocycles. The fourth-order valence-electron chi connectivity index (χ4n) is 2.75. The van der Waals surface area contributed by atoms with Crippen LogP contribution in [0, 0.1) is 6.92 Å². The number of hydrogen-bond donors (Lipinski definition) is 2. The Morgan fingerprint density at radius 2 is 2.16 bits per heavy atom. The number of hydrogen-bond acceptors (Lipinski definition) is 6. The van der Waals surface area contributed by atoms with Crippen molar-refractivity contribution in [3.63, 3.8) is 0 Å². The molecule has 3 N–H and O–H groups in total. The highest BCUT2D eigenvalue weighted by Crippen LogP contribution is 2.40. The maximum Gasteiger partial charge on any atom is 0.284 e. The highest BCUT2D eigenvalue weighted by atomic mass is 16.5. The number of primary amides is 1. The molecule has 0 aliphatic heterocycles. The molecule has 3 heterocycles. The van der Waals surface area contributed by atoms with Crippen molar-refractivity contribution in [1.82, 2.24) is 15.5 Å². The molecule has 128 valence electrons. The van der Waals surface area contributed by atoms with Crippen LogP contribution in [-0.4, -0.2) is 22.0 Å². The summed E-state index contributed by atoms with van der Waals surface area (Å²) in [5.41, 5.74) is 7.47. The van der Waals surface area contributed by atoms with Crippen molar-refractivity contribution in [2.24, 2.45) is 5.73 Å². The first-order chi connectivity index (χ1) is 12.0. The molecule has 1 aliphatic carbocycles. The Morgan fingerprint density at radius 3 is 2.84 bits per heavy atom. The number of fused-ring (bicyclic) bond motifs is 1. The number of pyridine rings is 1. The van der Waals surface area contributed by atoms with Gasteiger partial charge in [0, 0.05) is 11.6 Å². The van der Waals surface area contributed by atoms with Crippen LogP contribution in [0.25, 0.3) is 11.1 Å². The Bertz CT molecular complexity index is 984. The number of aromatic nitrogens is 2. The summed E-state index contributed by atoms with van der Waals surface area (Å²) in [6.45, 7) is 1.91. The molecule has 0 radical (unpaired) electrons. The molecule has 3 aromatic heterocycles. The van der Waals surface area contributed by atoms with E-state index in [-0.39, 0.29) is 18.2 Å². The van der Waals surface area contributed by atoms with Gasteiger partial charge in [-0.05, 0) is 38.0 Å². The van der Waals surface area contributed by atoms with Crippen LogP contribution in [0.15, 0.2) is 27.1 Å². The molecule has 2 amide bonds. The Labute approximate surface area is 142 Å². The molecule has 1 aliphatic rings. The predicted octanol–water partition coefficient (Wildman–Crippen LogP) is 2.03. The van der Waals surface area contributed by atoms with Crippen LogP contribution in [0.1, 0.15) is 56.8 Å². The van der Waals surface area contributed by atoms with Crippen LogP contribution in [-0.2, 0) is 6.54 Å². The molecular weight excluding hydrogens is 324 g/mol. The Morgan fingerprint density at radius 1 is 1.36 bits per heavy atom. The van der Waals surface area contributed by atoms with Crippen LogP contribution in [0.5, 0.6) is 0 Å². The first-order valence-corrected chi connectivity index (χ1v) is 7.96. The van der Waals surface area contributed by atoms with Gasteiger partial charge < -0.3 is 20.0 Å². The summed E-state index contributed by atoms with van der Waals surface area (Å²) >= 11 is 0. The zero-order chi connectivity index (χ0) is 17.6. The molecule has 1 saturated carbocycles. The molecule has 0 bridgehead atoms. The molecule has 8 nitrogen and oxygen atoms in total. The summed E-state index contributed by atoms with van der Waals surface area (Å²) in [6.07, 6.45) is 2.13. The topological polar surface area (TPSA) is 124 Å². The lowest BCUT2D eigenvalue weighted by Crippen LogP contribution is -2.23. The van der Waals surface area contributed by atoms with E-state index in [2.05, 4.69) is 15.5 Å². The van der Waals surface area contributed by atoms with Crippen molar-refractivity contribution < 1.29 is 18.5 Å². The van der Waals surface area contributed by atoms with E-state index in [1.165, 1.54) is 6.07 Å². The zero-order valence-electron chi connectivity index (χ0n) is 13.5. The quantitative estimate of drug-likeness (QED) is 0.732. The van der Waals surface area contributed by atoms with E-state index in [0.29, 0.717) is 34.0 Å². The van der Waals surface area contributed by atoms with Gasteiger partial charge in [0.1, 0.15) is 5.76 Å². The monoisotopic (exact) mass is 340 g/mol. The lowest BCUT2D eigenvalue weighted by Gasteiger charge is -2.07. The number of nitrogens with zero attached hydrogens (tertiary/aromatic N) is 2. The largest absolute Gasteiger partial charge is 0.454 e. The maximum absolute atomic E-state index is 12.7. The smallest absolute Gasteiger partial charge is 0.284 e. The molecule has 4 rings (SSSR count). The second-order valence-corrected chi connectivity index (χ2v) is 6.13. The molecule has 25 heavy (non-hydrogen) atoms. The molecule has 0 spiro atoms. The fraction of sp³-hybridized carbons (Fsp3) is 0.294. The van der Waals surface area contributed by atoms with E-state index in [0.717, 1.165) is 18.5 Å². The van der Waals surface area contributed by atoms with Gasteiger partial charge in [-0.1, -0.05) is 5.16 Å². The Kier molecular flexibility index (Phi) is 3.52. The lowest BCUT2D eigenvalue weighted by molar-refractivity contribution is 0.0949. The molecule has 0 aromatic carbocycles. The van der Waals surface area contributed by atoms with Gasteiger partial charge in [0.25, 0.3) is 17.5 Å². The minimum absolute atomic E-state index is 0.0569. The van der Waals surface area contributed by atoms with E-state index in [1.54, 1.807) is 19.1 Å². The van der Waals surface area contributed by atoms with Crippen LogP contribution < -0.4 is 11.1 Å². The minimum atomic E-state index is -0.650.